The summed E-state index contributed by atoms with van der Waals surface area (Å²) in [6, 6.07) is 1.38. The second-order valence-electron chi connectivity index (χ2n) is 3.65. The summed E-state index contributed by atoms with van der Waals surface area (Å²) in [6.45, 7) is 1.69. The molecule has 0 fully saturated rings. The number of hydrogen-bond donors (Lipinski definition) is 0. The van der Waals surface area contributed by atoms with Crippen molar-refractivity contribution in [1.29, 1.82) is 0 Å². The second-order valence-corrected chi connectivity index (χ2v) is 4.46. The van der Waals surface area contributed by atoms with E-state index in [1.807, 2.05) is 0 Å². The molecule has 0 aromatic heterocycles. The molecule has 2 rings (SSSR count). The fourth-order valence-corrected chi connectivity index (χ4v) is 2.08. The summed E-state index contributed by atoms with van der Waals surface area (Å²) in [5, 5.41) is 0.474. The van der Waals surface area contributed by atoms with Crippen LogP contribution in [0.3, 0.4) is 0 Å². The molecule has 1 unspecified atom stereocenters. The maximum Gasteiger partial charge on any atom is 0.429 e. The molecule has 1 aromatic rings. The molecular weight excluding hydrogens is 276 g/mol. The Labute approximate surface area is 106 Å². The molecule has 1 heterocycles. The van der Waals surface area contributed by atoms with Crippen LogP contribution in [-0.4, -0.2) is 12.3 Å². The van der Waals surface area contributed by atoms with Gasteiger partial charge in [-0.1, -0.05) is 29.3 Å². The average molecular weight is 283 g/mol. The van der Waals surface area contributed by atoms with Crippen molar-refractivity contribution < 1.29 is 17.9 Å². The Hall–Kier alpha value is -0.870. The molecule has 0 saturated carbocycles. The van der Waals surface area contributed by atoms with E-state index in [0.29, 0.717) is 16.1 Å². The van der Waals surface area contributed by atoms with E-state index < -0.39 is 12.3 Å². The molecule has 1 nitrogen and oxygen atoms in total. The van der Waals surface area contributed by atoms with E-state index in [0.717, 1.165) is 6.08 Å². The van der Waals surface area contributed by atoms with Crippen molar-refractivity contribution in [3.8, 4) is 5.75 Å². The number of halogens is 5. The van der Waals surface area contributed by atoms with Gasteiger partial charge >= 0.3 is 6.18 Å². The number of hydrogen-bond acceptors (Lipinski definition) is 1. The molecule has 1 aromatic carbocycles. The standard InChI is InChI=1S/C11H7Cl2F3O/c1-5-6-2-3-9(11(14,15)16)17-10(6)8(13)4-7(5)12/h2-4,9H,1H3. The smallest absolute Gasteiger partial charge is 0.429 e. The largest absolute Gasteiger partial charge is 0.475 e. The maximum absolute atomic E-state index is 12.5. The summed E-state index contributed by atoms with van der Waals surface area (Å²) in [6.07, 6.45) is -4.13. The zero-order chi connectivity index (χ0) is 12.8. The van der Waals surface area contributed by atoms with Crippen LogP contribution in [0.5, 0.6) is 5.75 Å². The van der Waals surface area contributed by atoms with Crippen LogP contribution in [0, 0.1) is 6.92 Å². The zero-order valence-electron chi connectivity index (χ0n) is 8.61. The molecule has 0 saturated heterocycles. The first-order chi connectivity index (χ1) is 7.80. The molecule has 1 aliphatic rings. The van der Waals surface area contributed by atoms with Gasteiger partial charge in [0.15, 0.2) is 0 Å². The summed E-state index contributed by atoms with van der Waals surface area (Å²) in [5.41, 5.74) is 1.13. The first-order valence-corrected chi connectivity index (χ1v) is 5.46. The Bertz CT molecular complexity index is 494. The molecule has 0 aliphatic carbocycles. The van der Waals surface area contributed by atoms with Crippen LogP contribution in [0.1, 0.15) is 11.1 Å². The van der Waals surface area contributed by atoms with Crippen LogP contribution in [0.4, 0.5) is 13.2 Å². The minimum Gasteiger partial charge on any atom is -0.475 e. The summed E-state index contributed by atoms with van der Waals surface area (Å²) < 4.78 is 42.4. The highest BCUT2D eigenvalue weighted by Gasteiger charge is 2.42. The highest BCUT2D eigenvalue weighted by atomic mass is 35.5. The molecule has 17 heavy (non-hydrogen) atoms. The number of benzene rings is 1. The second kappa shape index (κ2) is 4.10. The summed E-state index contributed by atoms with van der Waals surface area (Å²) in [4.78, 5) is 0. The molecule has 1 aliphatic heterocycles. The van der Waals surface area contributed by atoms with E-state index >= 15 is 0 Å². The number of alkyl halides is 3. The Morgan fingerprint density at radius 1 is 1.24 bits per heavy atom. The lowest BCUT2D eigenvalue weighted by Crippen LogP contribution is -2.34. The van der Waals surface area contributed by atoms with Crippen molar-refractivity contribution in [1.82, 2.24) is 0 Å². The van der Waals surface area contributed by atoms with E-state index in [1.165, 1.54) is 12.1 Å². The molecule has 1 atom stereocenters. The lowest BCUT2D eigenvalue weighted by atomic mass is 10.0. The van der Waals surface area contributed by atoms with E-state index in [2.05, 4.69) is 0 Å². The minimum absolute atomic E-state index is 0.0263. The summed E-state index contributed by atoms with van der Waals surface area (Å²) >= 11 is 11.7. The first kappa shape index (κ1) is 12.6. The predicted molar refractivity (Wildman–Crippen MR) is 60.7 cm³/mol. The van der Waals surface area contributed by atoms with Crippen molar-refractivity contribution >= 4 is 29.3 Å². The first-order valence-electron chi connectivity index (χ1n) is 4.71. The molecular formula is C11H7Cl2F3O. The van der Waals surface area contributed by atoms with Crippen molar-refractivity contribution in [2.75, 3.05) is 0 Å². The normalized spacial score (nSPS) is 18.8. The van der Waals surface area contributed by atoms with Crippen LogP contribution < -0.4 is 4.74 Å². The van der Waals surface area contributed by atoms with Crippen molar-refractivity contribution in [2.45, 2.75) is 19.2 Å². The third-order valence-electron chi connectivity index (χ3n) is 2.48. The van der Waals surface area contributed by atoms with Gasteiger partial charge in [0.25, 0.3) is 0 Å². The SMILES string of the molecule is Cc1c(Cl)cc(Cl)c2c1C=CC(C(F)(F)F)O2. The lowest BCUT2D eigenvalue weighted by molar-refractivity contribution is -0.180. The monoisotopic (exact) mass is 282 g/mol. The molecule has 6 heteroatoms. The van der Waals surface area contributed by atoms with Gasteiger partial charge in [-0.2, -0.15) is 13.2 Å². The Kier molecular flexibility index (Phi) is 3.04. The van der Waals surface area contributed by atoms with Gasteiger partial charge in [0.2, 0.25) is 6.10 Å². The zero-order valence-corrected chi connectivity index (χ0v) is 10.1. The van der Waals surface area contributed by atoms with Crippen LogP contribution in [0.25, 0.3) is 6.08 Å². The van der Waals surface area contributed by atoms with Gasteiger partial charge in [-0.15, -0.1) is 0 Å². The van der Waals surface area contributed by atoms with Crippen LogP contribution >= 0.6 is 23.2 Å². The van der Waals surface area contributed by atoms with Crippen LogP contribution in [0.2, 0.25) is 10.0 Å². The third kappa shape index (κ3) is 2.24. The fraction of sp³-hybridized carbons (Fsp3) is 0.273. The quantitative estimate of drug-likeness (QED) is 0.674. The molecule has 0 spiro atoms. The average Bonchev–Trinajstić information content (AvgIpc) is 2.24. The van der Waals surface area contributed by atoms with Gasteiger partial charge in [0.05, 0.1) is 5.02 Å². The van der Waals surface area contributed by atoms with Crippen LogP contribution in [-0.2, 0) is 0 Å². The van der Waals surface area contributed by atoms with Gasteiger partial charge in [-0.05, 0) is 24.6 Å². The predicted octanol–water partition coefficient (Wildman–Crippen LogP) is 4.64. The third-order valence-corrected chi connectivity index (χ3v) is 3.16. The molecule has 0 bridgehead atoms. The summed E-state index contributed by atoms with van der Waals surface area (Å²) in [7, 11) is 0. The van der Waals surface area contributed by atoms with Crippen molar-refractivity contribution in [3.05, 3.63) is 33.3 Å². The van der Waals surface area contributed by atoms with Gasteiger partial charge in [0, 0.05) is 10.6 Å². The van der Waals surface area contributed by atoms with E-state index in [9.17, 15) is 13.2 Å². The highest BCUT2D eigenvalue weighted by molar-refractivity contribution is 6.36. The van der Waals surface area contributed by atoms with Crippen molar-refractivity contribution in [3.63, 3.8) is 0 Å². The van der Waals surface area contributed by atoms with Crippen molar-refractivity contribution in [2.24, 2.45) is 0 Å². The van der Waals surface area contributed by atoms with Crippen LogP contribution in [0.15, 0.2) is 12.1 Å². The number of ether oxygens (including phenoxy) is 1. The molecule has 0 amide bonds. The molecule has 0 radical (unpaired) electrons. The maximum atomic E-state index is 12.5. The Morgan fingerprint density at radius 2 is 1.88 bits per heavy atom. The topological polar surface area (TPSA) is 9.23 Å². The lowest BCUT2D eigenvalue weighted by Gasteiger charge is -2.25. The fourth-order valence-electron chi connectivity index (χ4n) is 1.56. The molecule has 92 valence electrons. The van der Waals surface area contributed by atoms with Gasteiger partial charge < -0.3 is 4.74 Å². The Balaban J connectivity index is 2.50. The van der Waals surface area contributed by atoms with Gasteiger partial charge in [-0.25, -0.2) is 0 Å². The van der Waals surface area contributed by atoms with Gasteiger partial charge in [-0.3, -0.25) is 0 Å². The Morgan fingerprint density at radius 3 is 2.47 bits per heavy atom. The highest BCUT2D eigenvalue weighted by Crippen LogP contribution is 2.41. The van der Waals surface area contributed by atoms with Gasteiger partial charge in [0.1, 0.15) is 5.75 Å². The van der Waals surface area contributed by atoms with E-state index in [1.54, 1.807) is 6.92 Å². The van der Waals surface area contributed by atoms with E-state index in [-0.39, 0.29) is 10.8 Å². The minimum atomic E-state index is -4.45. The molecule has 0 N–H and O–H groups in total. The van der Waals surface area contributed by atoms with E-state index in [4.69, 9.17) is 27.9 Å². The number of fused-ring (bicyclic) bond motifs is 1. The summed E-state index contributed by atoms with van der Waals surface area (Å²) in [5.74, 6) is 0.0263. The number of rotatable bonds is 0.